The Kier molecular flexibility index (Phi) is 6.98. The van der Waals surface area contributed by atoms with Gasteiger partial charge in [-0.2, -0.15) is 0 Å². The van der Waals surface area contributed by atoms with E-state index < -0.39 is 23.3 Å². The summed E-state index contributed by atoms with van der Waals surface area (Å²) in [5.41, 5.74) is 1.85. The summed E-state index contributed by atoms with van der Waals surface area (Å²) in [4.78, 5) is 0. The Hall–Kier alpha value is -3.65. The normalized spacial score (nSPS) is 10.9. The Morgan fingerprint density at radius 2 is 1.35 bits per heavy atom. The number of rotatable bonds is 5. The van der Waals surface area contributed by atoms with Crippen LogP contribution in [0.4, 0.5) is 22.0 Å². The molecule has 0 aliphatic rings. The van der Waals surface area contributed by atoms with Gasteiger partial charge in [0, 0.05) is 10.9 Å². The van der Waals surface area contributed by atoms with Crippen molar-refractivity contribution < 1.29 is 22.0 Å². The van der Waals surface area contributed by atoms with E-state index in [4.69, 9.17) is 0 Å². The Morgan fingerprint density at radius 1 is 0.618 bits per heavy atom. The van der Waals surface area contributed by atoms with Crippen molar-refractivity contribution in [3.8, 4) is 11.8 Å². The molecule has 0 unspecified atom stereocenters. The van der Waals surface area contributed by atoms with Crippen molar-refractivity contribution in [1.29, 1.82) is 0 Å². The summed E-state index contributed by atoms with van der Waals surface area (Å²) in [6.45, 7) is 2.02. The summed E-state index contributed by atoms with van der Waals surface area (Å²) in [5, 5.41) is 0.528. The monoisotopic (exact) mass is 464 g/mol. The first-order valence-electron chi connectivity index (χ1n) is 11.0. The van der Waals surface area contributed by atoms with E-state index in [0.717, 1.165) is 24.5 Å². The Morgan fingerprint density at radius 3 is 2.06 bits per heavy atom. The van der Waals surface area contributed by atoms with Crippen molar-refractivity contribution in [3.63, 3.8) is 0 Å². The fourth-order valence-electron chi connectivity index (χ4n) is 3.88. The molecular formula is C29H21F5. The topological polar surface area (TPSA) is 0 Å². The Balaban J connectivity index is 1.52. The van der Waals surface area contributed by atoms with Gasteiger partial charge in [0.25, 0.3) is 0 Å². The van der Waals surface area contributed by atoms with Gasteiger partial charge in [-0.1, -0.05) is 49.5 Å². The van der Waals surface area contributed by atoms with Gasteiger partial charge in [-0.3, -0.25) is 0 Å². The highest BCUT2D eigenvalue weighted by molar-refractivity contribution is 5.84. The van der Waals surface area contributed by atoms with Crippen LogP contribution in [0.2, 0.25) is 0 Å². The van der Waals surface area contributed by atoms with Gasteiger partial charge in [-0.05, 0) is 77.7 Å². The molecule has 0 saturated carbocycles. The summed E-state index contributed by atoms with van der Waals surface area (Å²) >= 11 is 0. The highest BCUT2D eigenvalue weighted by Crippen LogP contribution is 2.22. The number of halogens is 5. The third-order valence-electron chi connectivity index (χ3n) is 5.68. The van der Waals surface area contributed by atoms with E-state index in [1.807, 2.05) is 13.0 Å². The van der Waals surface area contributed by atoms with Crippen LogP contribution in [0.5, 0.6) is 0 Å². The van der Waals surface area contributed by atoms with Crippen LogP contribution in [-0.2, 0) is 19.3 Å². The molecule has 4 aromatic rings. The SMILES string of the molecule is CCCc1ccc(CCc2cc(F)c(C#Cc3ccc4c(F)c(F)ccc4c3)c(F)c2)c(F)c1. The van der Waals surface area contributed by atoms with E-state index in [1.165, 1.54) is 42.5 Å². The minimum Gasteiger partial charge on any atom is -0.207 e. The molecule has 172 valence electrons. The Labute approximate surface area is 195 Å². The van der Waals surface area contributed by atoms with Crippen LogP contribution >= 0.6 is 0 Å². The smallest absolute Gasteiger partial charge is 0.166 e. The lowest BCUT2D eigenvalue weighted by atomic mass is 10.00. The minimum atomic E-state index is -0.957. The van der Waals surface area contributed by atoms with Crippen molar-refractivity contribution in [2.75, 3.05) is 0 Å². The molecule has 5 heteroatoms. The number of aryl methyl sites for hydroxylation is 3. The number of hydrogen-bond acceptors (Lipinski definition) is 0. The summed E-state index contributed by atoms with van der Waals surface area (Å²) in [5.74, 6) is 1.32. The standard InChI is InChI=1S/C29H21F5/c1-2-3-18-4-8-21(26(31)15-18)9-5-20-16-27(32)24(28(33)17-20)12-7-19-6-11-23-22(14-19)10-13-25(30)29(23)34/h4,6,8,10-11,13-17H,2-3,5,9H2,1H3. The summed E-state index contributed by atoms with van der Waals surface area (Å²) in [6.07, 6.45) is 2.31. The number of fused-ring (bicyclic) bond motifs is 1. The molecule has 0 heterocycles. The van der Waals surface area contributed by atoms with Gasteiger partial charge in [0.2, 0.25) is 0 Å². The largest absolute Gasteiger partial charge is 0.207 e. The second-order valence-corrected chi connectivity index (χ2v) is 8.16. The average molecular weight is 464 g/mol. The first-order chi connectivity index (χ1) is 16.4. The lowest BCUT2D eigenvalue weighted by Crippen LogP contribution is -1.99. The van der Waals surface area contributed by atoms with Gasteiger partial charge in [0.05, 0.1) is 5.56 Å². The first-order valence-corrected chi connectivity index (χ1v) is 11.0. The second-order valence-electron chi connectivity index (χ2n) is 8.16. The molecule has 0 saturated heterocycles. The molecule has 0 fully saturated rings. The predicted molar refractivity (Wildman–Crippen MR) is 124 cm³/mol. The molecule has 0 aliphatic heterocycles. The highest BCUT2D eigenvalue weighted by Gasteiger charge is 2.11. The van der Waals surface area contributed by atoms with Gasteiger partial charge < -0.3 is 0 Å². The molecule has 0 atom stereocenters. The zero-order chi connectivity index (χ0) is 24.2. The lowest BCUT2D eigenvalue weighted by Gasteiger charge is -2.07. The van der Waals surface area contributed by atoms with Crippen LogP contribution in [0.1, 0.15) is 41.2 Å². The fraction of sp³-hybridized carbons (Fsp3) is 0.172. The molecule has 0 radical (unpaired) electrons. The highest BCUT2D eigenvalue weighted by atomic mass is 19.2. The lowest BCUT2D eigenvalue weighted by molar-refractivity contribution is 0.517. The van der Waals surface area contributed by atoms with Crippen molar-refractivity contribution in [2.24, 2.45) is 0 Å². The molecule has 0 spiro atoms. The van der Waals surface area contributed by atoms with Crippen LogP contribution in [0.25, 0.3) is 10.8 Å². The molecule has 4 aromatic carbocycles. The zero-order valence-electron chi connectivity index (χ0n) is 18.5. The van der Waals surface area contributed by atoms with Crippen molar-refractivity contribution in [2.45, 2.75) is 32.6 Å². The molecule has 0 aromatic heterocycles. The molecule has 0 bridgehead atoms. The van der Waals surface area contributed by atoms with Crippen LogP contribution in [0, 0.1) is 40.9 Å². The molecule has 0 N–H and O–H groups in total. The minimum absolute atomic E-state index is 0.101. The van der Waals surface area contributed by atoms with Gasteiger partial charge in [0.15, 0.2) is 11.6 Å². The summed E-state index contributed by atoms with van der Waals surface area (Å²) in [6, 6.07) is 14.3. The van der Waals surface area contributed by atoms with E-state index in [-0.39, 0.29) is 23.2 Å². The molecule has 0 nitrogen and oxygen atoms in total. The Bertz CT molecular complexity index is 1400. The quantitative estimate of drug-likeness (QED) is 0.210. The number of hydrogen-bond donors (Lipinski definition) is 0. The van der Waals surface area contributed by atoms with Crippen LogP contribution < -0.4 is 0 Å². The molecule has 34 heavy (non-hydrogen) atoms. The first kappa shape index (κ1) is 23.5. The average Bonchev–Trinajstić information content (AvgIpc) is 2.80. The molecular weight excluding hydrogens is 443 g/mol. The van der Waals surface area contributed by atoms with Crippen LogP contribution in [0.15, 0.2) is 60.7 Å². The molecule has 0 amide bonds. The van der Waals surface area contributed by atoms with Crippen LogP contribution in [-0.4, -0.2) is 0 Å². The third kappa shape index (κ3) is 5.12. The van der Waals surface area contributed by atoms with Crippen molar-refractivity contribution in [3.05, 3.63) is 118 Å². The maximum atomic E-state index is 14.6. The molecule has 4 rings (SSSR count). The van der Waals surface area contributed by atoms with Crippen LogP contribution in [0.3, 0.4) is 0 Å². The number of benzene rings is 4. The van der Waals surface area contributed by atoms with Crippen molar-refractivity contribution >= 4 is 10.8 Å². The maximum Gasteiger partial charge on any atom is 0.166 e. The molecule has 0 aliphatic carbocycles. The summed E-state index contributed by atoms with van der Waals surface area (Å²) in [7, 11) is 0. The van der Waals surface area contributed by atoms with Crippen molar-refractivity contribution in [1.82, 2.24) is 0 Å². The second kappa shape index (κ2) is 10.1. The zero-order valence-corrected chi connectivity index (χ0v) is 18.5. The van der Waals surface area contributed by atoms with Gasteiger partial charge in [0.1, 0.15) is 17.5 Å². The fourth-order valence-corrected chi connectivity index (χ4v) is 3.88. The van der Waals surface area contributed by atoms with E-state index in [9.17, 15) is 22.0 Å². The van der Waals surface area contributed by atoms with Gasteiger partial charge in [-0.25, -0.2) is 22.0 Å². The maximum absolute atomic E-state index is 14.6. The van der Waals surface area contributed by atoms with E-state index >= 15 is 0 Å². The predicted octanol–water partition coefficient (Wildman–Crippen LogP) is 7.67. The summed E-state index contributed by atoms with van der Waals surface area (Å²) < 4.78 is 70.7. The van der Waals surface area contributed by atoms with Gasteiger partial charge >= 0.3 is 0 Å². The van der Waals surface area contributed by atoms with E-state index in [1.54, 1.807) is 6.07 Å². The van der Waals surface area contributed by atoms with E-state index in [0.29, 0.717) is 28.5 Å². The third-order valence-corrected chi connectivity index (χ3v) is 5.68. The van der Waals surface area contributed by atoms with Gasteiger partial charge in [-0.15, -0.1) is 0 Å². The van der Waals surface area contributed by atoms with E-state index in [2.05, 4.69) is 11.8 Å².